The molecule has 0 unspecified atom stereocenters. The Bertz CT molecular complexity index is 1150. The second-order valence-electron chi connectivity index (χ2n) is 6.28. The van der Waals surface area contributed by atoms with Gasteiger partial charge in [-0.2, -0.15) is 12.7 Å². The molecular weight excluding hydrogens is 476 g/mol. The SMILES string of the molecule is CONC(=O)C1=C(NC(=O)C(=NOC(C)(C)C(=O)O)c2csc(N)n2)C(=O)N1S(=O)(=O)O. The Kier molecular flexibility index (Phi) is 6.83. The average Bonchev–Trinajstić information content (AvgIpc) is 3.08. The molecule has 0 radical (unpaired) electrons. The van der Waals surface area contributed by atoms with Crippen molar-refractivity contribution in [2.45, 2.75) is 19.4 Å². The predicted octanol–water partition coefficient (Wildman–Crippen LogP) is -2.04. The summed E-state index contributed by atoms with van der Waals surface area (Å²) in [6.07, 6.45) is 0. The highest BCUT2D eigenvalue weighted by Gasteiger charge is 2.48. The van der Waals surface area contributed by atoms with E-state index in [1.165, 1.54) is 5.38 Å². The van der Waals surface area contributed by atoms with Crippen LogP contribution < -0.4 is 16.5 Å². The molecule has 0 bridgehead atoms. The number of carbonyl (C=O) groups excluding carboxylic acids is 3. The maximum absolute atomic E-state index is 12.7. The smallest absolute Gasteiger partial charge is 0.367 e. The topological polar surface area (TPSA) is 240 Å². The molecule has 0 atom stereocenters. The number of amides is 3. The minimum absolute atomic E-state index is 0.00893. The Labute approximate surface area is 183 Å². The van der Waals surface area contributed by atoms with E-state index in [0.717, 1.165) is 32.3 Å². The highest BCUT2D eigenvalue weighted by molar-refractivity contribution is 7.84. The third kappa shape index (κ3) is 4.99. The van der Waals surface area contributed by atoms with E-state index in [2.05, 4.69) is 15.0 Å². The van der Waals surface area contributed by atoms with Crippen LogP contribution in [0.5, 0.6) is 0 Å². The van der Waals surface area contributed by atoms with Gasteiger partial charge < -0.3 is 21.0 Å². The highest BCUT2D eigenvalue weighted by Crippen LogP contribution is 2.27. The normalized spacial score (nSPS) is 14.7. The van der Waals surface area contributed by atoms with Gasteiger partial charge in [0.05, 0.1) is 7.11 Å². The number of thiazole rings is 1. The standard InChI is InChI=1S/C14H16N6O10S2/c1-14(2,12(24)25)30-18-6(5-4-31-13(15)16-5)9(21)17-7-8(10(22)19-29-3)20(11(7)23)32(26,27)28/h4H,1-3H3,(H2,15,16)(H,17,21)(H,19,22)(H,24,25)(H,26,27,28). The van der Waals surface area contributed by atoms with Crippen LogP contribution >= 0.6 is 11.3 Å². The molecule has 2 heterocycles. The summed E-state index contributed by atoms with van der Waals surface area (Å²) in [5, 5.41) is 15.8. The Balaban J connectivity index is 2.47. The molecule has 1 aliphatic rings. The molecule has 0 fully saturated rings. The molecule has 0 saturated carbocycles. The summed E-state index contributed by atoms with van der Waals surface area (Å²) in [4.78, 5) is 61.2. The van der Waals surface area contributed by atoms with Crippen LogP contribution in [0.2, 0.25) is 0 Å². The van der Waals surface area contributed by atoms with E-state index in [0.29, 0.717) is 0 Å². The van der Waals surface area contributed by atoms with E-state index in [-0.39, 0.29) is 15.1 Å². The van der Waals surface area contributed by atoms with Crippen LogP contribution in [-0.2, 0) is 39.2 Å². The summed E-state index contributed by atoms with van der Waals surface area (Å²) in [5.41, 5.74) is 2.76. The zero-order chi connectivity index (χ0) is 24.4. The summed E-state index contributed by atoms with van der Waals surface area (Å²) in [5.74, 6) is -5.40. The third-order valence-corrected chi connectivity index (χ3v) is 5.06. The zero-order valence-corrected chi connectivity index (χ0v) is 18.1. The molecule has 32 heavy (non-hydrogen) atoms. The van der Waals surface area contributed by atoms with Crippen molar-refractivity contribution in [3.05, 3.63) is 22.5 Å². The number of aliphatic carboxylic acids is 1. The molecule has 0 aliphatic carbocycles. The monoisotopic (exact) mass is 492 g/mol. The number of hydrogen-bond donors (Lipinski definition) is 5. The van der Waals surface area contributed by atoms with Gasteiger partial charge in [0.1, 0.15) is 11.4 Å². The van der Waals surface area contributed by atoms with E-state index in [9.17, 15) is 27.6 Å². The minimum atomic E-state index is -5.19. The number of rotatable bonds is 9. The summed E-state index contributed by atoms with van der Waals surface area (Å²) in [6.45, 7) is 2.28. The summed E-state index contributed by atoms with van der Waals surface area (Å²) in [7, 11) is -4.19. The number of carboxylic acid groups (broad SMARTS) is 1. The number of hydrogen-bond acceptors (Lipinski definition) is 12. The first-order valence-corrected chi connectivity index (χ1v) is 10.4. The van der Waals surface area contributed by atoms with Crippen LogP contribution in [-0.4, -0.2) is 69.5 Å². The first kappa shape index (κ1) is 24.7. The average molecular weight is 492 g/mol. The quantitative estimate of drug-likeness (QED) is 0.142. The van der Waals surface area contributed by atoms with E-state index in [1.54, 1.807) is 5.48 Å². The van der Waals surface area contributed by atoms with Crippen LogP contribution in [0.3, 0.4) is 0 Å². The number of carbonyl (C=O) groups is 4. The highest BCUT2D eigenvalue weighted by atomic mass is 32.2. The molecule has 1 aliphatic heterocycles. The number of oxime groups is 1. The molecule has 1 aromatic heterocycles. The fourth-order valence-electron chi connectivity index (χ4n) is 2.01. The second kappa shape index (κ2) is 8.86. The maximum atomic E-state index is 12.7. The van der Waals surface area contributed by atoms with E-state index >= 15 is 0 Å². The van der Waals surface area contributed by atoms with Crippen LogP contribution in [0.4, 0.5) is 5.13 Å². The van der Waals surface area contributed by atoms with Gasteiger partial charge in [-0.15, -0.1) is 11.3 Å². The predicted molar refractivity (Wildman–Crippen MR) is 105 cm³/mol. The van der Waals surface area contributed by atoms with Crippen molar-refractivity contribution in [2.75, 3.05) is 12.8 Å². The lowest BCUT2D eigenvalue weighted by molar-refractivity contribution is -0.161. The fraction of sp³-hybridized carbons (Fsp3) is 0.286. The number of aromatic nitrogens is 1. The molecular formula is C14H16N6O10S2. The number of nitrogens with one attached hydrogen (secondary N) is 2. The molecule has 0 aromatic carbocycles. The number of nitrogens with zero attached hydrogens (tertiary/aromatic N) is 3. The second-order valence-corrected chi connectivity index (χ2v) is 8.43. The van der Waals surface area contributed by atoms with Crippen molar-refractivity contribution in [3.8, 4) is 0 Å². The lowest BCUT2D eigenvalue weighted by Crippen LogP contribution is -2.56. The maximum Gasteiger partial charge on any atom is 0.367 e. The lowest BCUT2D eigenvalue weighted by atomic mass is 10.1. The summed E-state index contributed by atoms with van der Waals surface area (Å²) < 4.78 is 31.6. The Hall–Kier alpha value is -3.61. The Morgan fingerprint density at radius 1 is 1.34 bits per heavy atom. The van der Waals surface area contributed by atoms with Gasteiger partial charge >= 0.3 is 16.3 Å². The number of anilines is 1. The van der Waals surface area contributed by atoms with Gasteiger partial charge in [0.2, 0.25) is 5.60 Å². The number of carboxylic acids is 1. The largest absolute Gasteiger partial charge is 0.478 e. The van der Waals surface area contributed by atoms with Crippen LogP contribution in [0, 0.1) is 0 Å². The van der Waals surface area contributed by atoms with Gasteiger partial charge in [-0.3, -0.25) is 23.8 Å². The van der Waals surface area contributed by atoms with Crippen LogP contribution in [0.15, 0.2) is 21.9 Å². The van der Waals surface area contributed by atoms with Crippen molar-refractivity contribution in [1.82, 2.24) is 20.1 Å². The molecule has 3 amide bonds. The molecule has 1 aromatic rings. The number of hydroxylamine groups is 1. The molecule has 174 valence electrons. The van der Waals surface area contributed by atoms with Gasteiger partial charge in [0.15, 0.2) is 16.5 Å². The van der Waals surface area contributed by atoms with Crippen molar-refractivity contribution in [1.29, 1.82) is 0 Å². The van der Waals surface area contributed by atoms with Crippen molar-refractivity contribution >= 4 is 56.2 Å². The molecule has 0 saturated heterocycles. The molecule has 2 rings (SSSR count). The van der Waals surface area contributed by atoms with Crippen molar-refractivity contribution in [3.63, 3.8) is 0 Å². The van der Waals surface area contributed by atoms with Gasteiger partial charge in [-0.1, -0.05) is 5.16 Å². The molecule has 18 heteroatoms. The number of nitrogens with two attached hydrogens (primary N) is 1. The third-order valence-electron chi connectivity index (χ3n) is 3.58. The lowest BCUT2D eigenvalue weighted by Gasteiger charge is -2.31. The Morgan fingerprint density at radius 3 is 2.44 bits per heavy atom. The van der Waals surface area contributed by atoms with Crippen molar-refractivity contribution < 1.29 is 46.9 Å². The van der Waals surface area contributed by atoms with Gasteiger partial charge in [-0.25, -0.2) is 15.3 Å². The van der Waals surface area contributed by atoms with E-state index < -0.39 is 56.7 Å². The fourth-order valence-corrected chi connectivity index (χ4v) is 3.26. The first-order chi connectivity index (χ1) is 14.7. The molecule has 16 nitrogen and oxygen atoms in total. The first-order valence-electron chi connectivity index (χ1n) is 8.12. The zero-order valence-electron chi connectivity index (χ0n) is 16.5. The minimum Gasteiger partial charge on any atom is -0.478 e. The van der Waals surface area contributed by atoms with Crippen LogP contribution in [0.1, 0.15) is 19.5 Å². The van der Waals surface area contributed by atoms with Crippen LogP contribution in [0.25, 0.3) is 0 Å². The Morgan fingerprint density at radius 2 is 1.97 bits per heavy atom. The molecule has 6 N–H and O–H groups in total. The van der Waals surface area contributed by atoms with E-state index in [1.807, 2.05) is 5.32 Å². The van der Waals surface area contributed by atoms with Gasteiger partial charge in [0, 0.05) is 5.38 Å². The van der Waals surface area contributed by atoms with Gasteiger partial charge in [-0.05, 0) is 13.8 Å². The summed E-state index contributed by atoms with van der Waals surface area (Å²) >= 11 is 0.899. The van der Waals surface area contributed by atoms with Gasteiger partial charge in [0.25, 0.3) is 17.7 Å². The number of nitrogen functional groups attached to an aromatic ring is 1. The summed E-state index contributed by atoms with van der Waals surface area (Å²) in [6, 6.07) is 0. The molecule has 0 spiro atoms. The van der Waals surface area contributed by atoms with Crippen molar-refractivity contribution in [2.24, 2.45) is 5.16 Å². The van der Waals surface area contributed by atoms with E-state index in [4.69, 9.17) is 20.2 Å².